The summed E-state index contributed by atoms with van der Waals surface area (Å²) in [7, 11) is 2.05. The van der Waals surface area contributed by atoms with Crippen molar-refractivity contribution < 1.29 is 0 Å². The molecule has 1 rings (SSSR count). The summed E-state index contributed by atoms with van der Waals surface area (Å²) in [4.78, 5) is 1.33. The fraction of sp³-hybridized carbons (Fsp3) is 0.538. The monoisotopic (exact) mass is 301 g/mol. The van der Waals surface area contributed by atoms with E-state index in [1.165, 1.54) is 15.8 Å². The molecule has 16 heavy (non-hydrogen) atoms. The lowest BCUT2D eigenvalue weighted by Gasteiger charge is -2.22. The van der Waals surface area contributed by atoms with Gasteiger partial charge in [0.05, 0.1) is 0 Å². The van der Waals surface area contributed by atoms with Crippen LogP contribution in [0.5, 0.6) is 0 Å². The van der Waals surface area contributed by atoms with Gasteiger partial charge in [0.15, 0.2) is 0 Å². The van der Waals surface area contributed by atoms with Gasteiger partial charge in [-0.2, -0.15) is 0 Å². The maximum atomic E-state index is 3.58. The predicted molar refractivity (Wildman–Crippen MR) is 77.2 cm³/mol. The van der Waals surface area contributed by atoms with Crippen LogP contribution in [0.15, 0.2) is 33.6 Å². The van der Waals surface area contributed by atoms with E-state index in [9.17, 15) is 0 Å². The van der Waals surface area contributed by atoms with E-state index in [1.807, 2.05) is 11.8 Å². The molecular weight excluding hydrogens is 282 g/mol. The van der Waals surface area contributed by atoms with Gasteiger partial charge in [0.1, 0.15) is 0 Å². The third-order valence-electron chi connectivity index (χ3n) is 2.96. The van der Waals surface area contributed by atoms with Crippen molar-refractivity contribution in [2.45, 2.75) is 31.2 Å². The first-order valence-corrected chi connectivity index (χ1v) is 7.51. The van der Waals surface area contributed by atoms with E-state index in [1.54, 1.807) is 0 Å². The minimum atomic E-state index is 0.585. The van der Waals surface area contributed by atoms with Crippen LogP contribution in [0, 0.1) is 5.92 Å². The van der Waals surface area contributed by atoms with E-state index in [0.717, 1.165) is 11.7 Å². The zero-order valence-electron chi connectivity index (χ0n) is 10.2. The van der Waals surface area contributed by atoms with Crippen molar-refractivity contribution in [2.75, 3.05) is 12.8 Å². The SMILES string of the molecule is CCC(C)C(CSc1ccccc1Br)NC. The fourth-order valence-electron chi connectivity index (χ4n) is 1.56. The van der Waals surface area contributed by atoms with Crippen molar-refractivity contribution in [3.8, 4) is 0 Å². The Kier molecular flexibility index (Phi) is 6.47. The second kappa shape index (κ2) is 7.36. The zero-order chi connectivity index (χ0) is 12.0. The maximum Gasteiger partial charge on any atom is 0.0311 e. The summed E-state index contributed by atoms with van der Waals surface area (Å²) in [5.74, 6) is 1.84. The number of halogens is 1. The van der Waals surface area contributed by atoms with E-state index in [0.29, 0.717) is 6.04 Å². The van der Waals surface area contributed by atoms with Crippen LogP contribution in [0.25, 0.3) is 0 Å². The highest BCUT2D eigenvalue weighted by Gasteiger charge is 2.14. The van der Waals surface area contributed by atoms with Gasteiger partial charge in [-0.1, -0.05) is 32.4 Å². The highest BCUT2D eigenvalue weighted by molar-refractivity contribution is 9.10. The van der Waals surface area contributed by atoms with Crippen molar-refractivity contribution in [2.24, 2.45) is 5.92 Å². The van der Waals surface area contributed by atoms with Crippen LogP contribution in [0.3, 0.4) is 0 Å². The lowest BCUT2D eigenvalue weighted by Crippen LogP contribution is -2.34. The molecule has 1 aromatic carbocycles. The number of benzene rings is 1. The molecule has 0 saturated heterocycles. The molecule has 0 radical (unpaired) electrons. The van der Waals surface area contributed by atoms with Crippen LogP contribution >= 0.6 is 27.7 Å². The zero-order valence-corrected chi connectivity index (χ0v) is 12.6. The van der Waals surface area contributed by atoms with Gasteiger partial charge in [-0.3, -0.25) is 0 Å². The summed E-state index contributed by atoms with van der Waals surface area (Å²) in [5, 5.41) is 3.41. The second-order valence-electron chi connectivity index (χ2n) is 4.02. The number of thioether (sulfide) groups is 1. The van der Waals surface area contributed by atoms with Gasteiger partial charge < -0.3 is 5.32 Å². The molecule has 0 amide bonds. The molecule has 3 heteroatoms. The molecule has 0 aliphatic heterocycles. The molecule has 0 spiro atoms. The normalized spacial score (nSPS) is 14.8. The summed E-state index contributed by atoms with van der Waals surface area (Å²) in [5.41, 5.74) is 0. The predicted octanol–water partition coefficient (Wildman–Crippen LogP) is 4.18. The van der Waals surface area contributed by atoms with E-state index < -0.39 is 0 Å². The summed E-state index contributed by atoms with van der Waals surface area (Å²) in [6.07, 6.45) is 1.22. The first kappa shape index (κ1) is 14.1. The minimum absolute atomic E-state index is 0.585. The molecule has 2 unspecified atom stereocenters. The lowest BCUT2D eigenvalue weighted by atomic mass is 10.0. The third kappa shape index (κ3) is 4.11. The minimum Gasteiger partial charge on any atom is -0.316 e. The topological polar surface area (TPSA) is 12.0 Å². The van der Waals surface area contributed by atoms with Gasteiger partial charge in [-0.25, -0.2) is 0 Å². The molecule has 0 aliphatic rings. The van der Waals surface area contributed by atoms with E-state index in [-0.39, 0.29) is 0 Å². The summed E-state index contributed by atoms with van der Waals surface area (Å²) < 4.78 is 1.19. The highest BCUT2D eigenvalue weighted by atomic mass is 79.9. The Morgan fingerprint density at radius 2 is 2.06 bits per heavy atom. The molecule has 2 atom stereocenters. The van der Waals surface area contributed by atoms with Gasteiger partial charge in [-0.05, 0) is 41.0 Å². The molecule has 0 fully saturated rings. The lowest BCUT2D eigenvalue weighted by molar-refractivity contribution is 0.420. The molecule has 1 aromatic rings. The van der Waals surface area contributed by atoms with Crippen LogP contribution in [-0.2, 0) is 0 Å². The second-order valence-corrected chi connectivity index (χ2v) is 5.94. The smallest absolute Gasteiger partial charge is 0.0311 e. The molecule has 0 aliphatic carbocycles. The summed E-state index contributed by atoms with van der Waals surface area (Å²) >= 11 is 5.50. The van der Waals surface area contributed by atoms with Crippen molar-refractivity contribution in [1.82, 2.24) is 5.32 Å². The first-order chi connectivity index (χ1) is 7.69. The Hall–Kier alpha value is 0.01000. The van der Waals surface area contributed by atoms with Crippen molar-refractivity contribution in [3.05, 3.63) is 28.7 Å². The molecule has 0 heterocycles. The number of nitrogens with one attached hydrogen (secondary N) is 1. The summed E-state index contributed by atoms with van der Waals surface area (Å²) in [6.45, 7) is 4.56. The van der Waals surface area contributed by atoms with Crippen LogP contribution in [0.4, 0.5) is 0 Å². The molecule has 1 N–H and O–H groups in total. The summed E-state index contributed by atoms with van der Waals surface area (Å²) in [6, 6.07) is 8.99. The average Bonchev–Trinajstić information content (AvgIpc) is 2.31. The average molecular weight is 302 g/mol. The third-order valence-corrected chi connectivity index (χ3v) is 5.10. The standard InChI is InChI=1S/C13H20BrNS/c1-4-10(2)12(15-3)9-16-13-8-6-5-7-11(13)14/h5-8,10,12,15H,4,9H2,1-3H3. The van der Waals surface area contributed by atoms with Gasteiger partial charge in [0, 0.05) is 21.2 Å². The van der Waals surface area contributed by atoms with Crippen LogP contribution in [0.2, 0.25) is 0 Å². The Morgan fingerprint density at radius 1 is 1.38 bits per heavy atom. The molecule has 0 bridgehead atoms. The van der Waals surface area contributed by atoms with Gasteiger partial charge >= 0.3 is 0 Å². The van der Waals surface area contributed by atoms with Gasteiger partial charge in [-0.15, -0.1) is 11.8 Å². The Bertz CT molecular complexity index is 317. The molecule has 1 nitrogen and oxygen atoms in total. The number of hydrogen-bond acceptors (Lipinski definition) is 2. The number of rotatable bonds is 6. The van der Waals surface area contributed by atoms with Gasteiger partial charge in [0.2, 0.25) is 0 Å². The van der Waals surface area contributed by atoms with Gasteiger partial charge in [0.25, 0.3) is 0 Å². The maximum absolute atomic E-state index is 3.58. The fourth-order valence-corrected chi connectivity index (χ4v) is 3.42. The van der Waals surface area contributed by atoms with Crippen molar-refractivity contribution in [1.29, 1.82) is 0 Å². The number of hydrogen-bond donors (Lipinski definition) is 1. The van der Waals surface area contributed by atoms with Crippen molar-refractivity contribution >= 4 is 27.7 Å². The Labute approximate surface area is 112 Å². The quantitative estimate of drug-likeness (QED) is 0.791. The van der Waals surface area contributed by atoms with Crippen LogP contribution in [0.1, 0.15) is 20.3 Å². The Balaban J connectivity index is 2.53. The van der Waals surface area contributed by atoms with Crippen molar-refractivity contribution in [3.63, 3.8) is 0 Å². The van der Waals surface area contributed by atoms with E-state index in [2.05, 4.69) is 66.4 Å². The Morgan fingerprint density at radius 3 is 2.62 bits per heavy atom. The molecule has 90 valence electrons. The van der Waals surface area contributed by atoms with Crippen LogP contribution in [-0.4, -0.2) is 18.8 Å². The highest BCUT2D eigenvalue weighted by Crippen LogP contribution is 2.28. The van der Waals surface area contributed by atoms with E-state index >= 15 is 0 Å². The molecule has 0 aromatic heterocycles. The molecular formula is C13H20BrNS. The van der Waals surface area contributed by atoms with E-state index in [4.69, 9.17) is 0 Å². The first-order valence-electron chi connectivity index (χ1n) is 5.73. The molecule has 0 saturated carbocycles. The largest absolute Gasteiger partial charge is 0.316 e. The van der Waals surface area contributed by atoms with Crippen LogP contribution < -0.4 is 5.32 Å².